The summed E-state index contributed by atoms with van der Waals surface area (Å²) in [6.45, 7) is 0.493. The smallest absolute Gasteiger partial charge is 0.138 e. The zero-order valence-electron chi connectivity index (χ0n) is 14.5. The highest BCUT2D eigenvalue weighted by Gasteiger charge is 2.42. The number of phenols is 1. The number of phenolic OH excluding ortho intramolecular Hbond substituents is 1. The molecule has 3 aromatic rings. The summed E-state index contributed by atoms with van der Waals surface area (Å²) in [5.74, 6) is 3.19. The van der Waals surface area contributed by atoms with Gasteiger partial charge in [-0.3, -0.25) is 0 Å². The maximum atomic E-state index is 10.6. The monoisotopic (exact) mass is 350 g/mol. The molecule has 0 bridgehead atoms. The van der Waals surface area contributed by atoms with Crippen molar-refractivity contribution < 1.29 is 24.1 Å². The lowest BCUT2D eigenvalue weighted by atomic mass is 9.88. The summed E-state index contributed by atoms with van der Waals surface area (Å²) in [5, 5.41) is 12.1. The maximum absolute atomic E-state index is 10.6. The van der Waals surface area contributed by atoms with E-state index in [2.05, 4.69) is 0 Å². The number of ether oxygens (including phenoxy) is 4. The quantitative estimate of drug-likeness (QED) is 0.752. The molecule has 5 nitrogen and oxygen atoms in total. The fourth-order valence-corrected chi connectivity index (χ4v) is 4.01. The minimum Gasteiger partial charge on any atom is -0.507 e. The van der Waals surface area contributed by atoms with Gasteiger partial charge < -0.3 is 24.1 Å². The molecule has 0 spiro atoms. The third-order valence-electron chi connectivity index (χ3n) is 5.26. The van der Waals surface area contributed by atoms with Gasteiger partial charge >= 0.3 is 0 Å². The van der Waals surface area contributed by atoms with Gasteiger partial charge in [-0.25, -0.2) is 0 Å². The first-order valence-electron chi connectivity index (χ1n) is 8.51. The Morgan fingerprint density at radius 1 is 1.04 bits per heavy atom. The molecule has 0 radical (unpaired) electrons. The van der Waals surface area contributed by atoms with Gasteiger partial charge in [-0.05, 0) is 24.3 Å². The lowest BCUT2D eigenvalue weighted by Gasteiger charge is -2.28. The van der Waals surface area contributed by atoms with Crippen molar-refractivity contribution in [2.75, 3.05) is 20.8 Å². The predicted octanol–water partition coefficient (Wildman–Crippen LogP) is 4.17. The molecular formula is C21H18O5. The first-order valence-corrected chi connectivity index (χ1v) is 8.51. The van der Waals surface area contributed by atoms with E-state index in [1.165, 1.54) is 0 Å². The van der Waals surface area contributed by atoms with E-state index in [0.717, 1.165) is 33.8 Å². The van der Waals surface area contributed by atoms with Gasteiger partial charge in [0.05, 0.1) is 32.1 Å². The number of fused-ring (bicyclic) bond motifs is 7. The zero-order valence-corrected chi connectivity index (χ0v) is 14.5. The van der Waals surface area contributed by atoms with Crippen LogP contribution in [0, 0.1) is 0 Å². The molecule has 5 rings (SSSR count). The molecule has 0 unspecified atom stereocenters. The van der Waals surface area contributed by atoms with Crippen LogP contribution in [0.5, 0.6) is 28.7 Å². The Morgan fingerprint density at radius 2 is 1.92 bits per heavy atom. The van der Waals surface area contributed by atoms with E-state index >= 15 is 0 Å². The Hall–Kier alpha value is -3.08. The fourth-order valence-electron chi connectivity index (χ4n) is 4.01. The third kappa shape index (κ3) is 1.97. The Kier molecular flexibility index (Phi) is 3.19. The molecule has 2 atom stereocenters. The van der Waals surface area contributed by atoms with Crippen LogP contribution in [0.4, 0.5) is 0 Å². The average Bonchev–Trinajstić information content (AvgIpc) is 3.06. The van der Waals surface area contributed by atoms with Crippen molar-refractivity contribution in [2.45, 2.75) is 12.0 Å². The van der Waals surface area contributed by atoms with Gasteiger partial charge in [0.25, 0.3) is 0 Å². The Balaban J connectivity index is 1.68. The van der Waals surface area contributed by atoms with E-state index in [9.17, 15) is 5.11 Å². The Morgan fingerprint density at radius 3 is 2.73 bits per heavy atom. The summed E-state index contributed by atoms with van der Waals surface area (Å²) >= 11 is 0. The molecule has 0 saturated carbocycles. The molecule has 1 N–H and O–H groups in total. The second-order valence-electron chi connectivity index (χ2n) is 6.56. The first-order chi connectivity index (χ1) is 12.7. The second kappa shape index (κ2) is 5.46. The molecule has 0 saturated heterocycles. The molecular weight excluding hydrogens is 332 g/mol. The van der Waals surface area contributed by atoms with Crippen LogP contribution in [0.1, 0.15) is 23.1 Å². The minimum absolute atomic E-state index is 0.0346. The molecule has 0 fully saturated rings. The van der Waals surface area contributed by atoms with Crippen molar-refractivity contribution >= 4 is 10.8 Å². The van der Waals surface area contributed by atoms with Gasteiger partial charge in [0, 0.05) is 22.6 Å². The maximum Gasteiger partial charge on any atom is 0.138 e. The van der Waals surface area contributed by atoms with E-state index in [-0.39, 0.29) is 17.8 Å². The van der Waals surface area contributed by atoms with E-state index in [1.54, 1.807) is 20.3 Å². The first kappa shape index (κ1) is 15.2. The Labute approximate surface area is 150 Å². The topological polar surface area (TPSA) is 57.2 Å². The van der Waals surface area contributed by atoms with Gasteiger partial charge in [0.15, 0.2) is 0 Å². The number of hydrogen-bond donors (Lipinski definition) is 1. The largest absolute Gasteiger partial charge is 0.507 e. The SMILES string of the molecule is COc1ccc2c(c1)OC[C@@H]1c3cc(O)c4c(OC)cccc4c3O[C@H]21. The van der Waals surface area contributed by atoms with Crippen LogP contribution in [0.3, 0.4) is 0 Å². The zero-order chi connectivity index (χ0) is 17.8. The molecule has 0 aliphatic carbocycles. The molecule has 5 heteroatoms. The number of hydrogen-bond acceptors (Lipinski definition) is 5. The van der Waals surface area contributed by atoms with Crippen molar-refractivity contribution in [1.82, 2.24) is 0 Å². The van der Waals surface area contributed by atoms with Crippen LogP contribution in [-0.4, -0.2) is 25.9 Å². The van der Waals surface area contributed by atoms with Crippen molar-refractivity contribution in [2.24, 2.45) is 0 Å². The lowest BCUT2D eigenvalue weighted by molar-refractivity contribution is 0.140. The molecule has 3 aromatic carbocycles. The number of rotatable bonds is 2. The minimum atomic E-state index is -0.143. The Bertz CT molecular complexity index is 1030. The average molecular weight is 350 g/mol. The van der Waals surface area contributed by atoms with E-state index in [0.29, 0.717) is 17.7 Å². The molecule has 0 amide bonds. The van der Waals surface area contributed by atoms with Crippen LogP contribution in [0.15, 0.2) is 42.5 Å². The fraction of sp³-hybridized carbons (Fsp3) is 0.238. The van der Waals surface area contributed by atoms with E-state index in [1.807, 2.05) is 36.4 Å². The summed E-state index contributed by atoms with van der Waals surface area (Å²) in [6.07, 6.45) is -0.143. The summed E-state index contributed by atoms with van der Waals surface area (Å²) < 4.78 is 23.1. The van der Waals surface area contributed by atoms with Gasteiger partial charge in [0.2, 0.25) is 0 Å². The molecule has 2 heterocycles. The summed E-state index contributed by atoms with van der Waals surface area (Å²) in [6, 6.07) is 13.3. The highest BCUT2D eigenvalue weighted by Crippen LogP contribution is 2.55. The number of benzene rings is 3. The van der Waals surface area contributed by atoms with Crippen molar-refractivity contribution in [3.8, 4) is 28.7 Å². The van der Waals surface area contributed by atoms with Crippen LogP contribution >= 0.6 is 0 Å². The molecule has 2 aliphatic heterocycles. The third-order valence-corrected chi connectivity index (χ3v) is 5.26. The molecule has 132 valence electrons. The van der Waals surface area contributed by atoms with E-state index < -0.39 is 0 Å². The van der Waals surface area contributed by atoms with Crippen molar-refractivity contribution in [3.05, 3.63) is 53.6 Å². The normalized spacial score (nSPS) is 19.8. The predicted molar refractivity (Wildman–Crippen MR) is 96.8 cm³/mol. The van der Waals surface area contributed by atoms with Gasteiger partial charge in [0.1, 0.15) is 34.9 Å². The highest BCUT2D eigenvalue weighted by molar-refractivity contribution is 5.99. The summed E-state index contributed by atoms with van der Waals surface area (Å²) in [4.78, 5) is 0. The standard InChI is InChI=1S/C21H18O5/c1-23-11-6-7-12-18(8-11)25-10-15-14-9-16(22)19-13(21(14)26-20(12)15)4-3-5-17(19)24-2/h3-9,15,20,22H,10H2,1-2H3/t15-,20-/m1/s1. The van der Waals surface area contributed by atoms with E-state index in [4.69, 9.17) is 18.9 Å². The van der Waals surface area contributed by atoms with Gasteiger partial charge in [-0.2, -0.15) is 0 Å². The molecule has 2 aliphatic rings. The van der Waals surface area contributed by atoms with Crippen LogP contribution in [0.25, 0.3) is 10.8 Å². The second-order valence-corrected chi connectivity index (χ2v) is 6.56. The summed E-state index contributed by atoms with van der Waals surface area (Å²) in [7, 11) is 3.23. The molecule has 26 heavy (non-hydrogen) atoms. The van der Waals surface area contributed by atoms with Gasteiger partial charge in [-0.1, -0.05) is 12.1 Å². The molecule has 0 aromatic heterocycles. The van der Waals surface area contributed by atoms with Crippen molar-refractivity contribution in [1.29, 1.82) is 0 Å². The van der Waals surface area contributed by atoms with Gasteiger partial charge in [-0.15, -0.1) is 0 Å². The van der Waals surface area contributed by atoms with Crippen molar-refractivity contribution in [3.63, 3.8) is 0 Å². The van der Waals surface area contributed by atoms with Crippen LogP contribution < -0.4 is 18.9 Å². The highest BCUT2D eigenvalue weighted by atomic mass is 16.5. The number of methoxy groups -OCH3 is 2. The lowest BCUT2D eigenvalue weighted by Crippen LogP contribution is -2.23. The van der Waals surface area contributed by atoms with Crippen LogP contribution in [0.2, 0.25) is 0 Å². The summed E-state index contributed by atoms with van der Waals surface area (Å²) in [5.41, 5.74) is 1.96. The van der Waals surface area contributed by atoms with Crippen LogP contribution in [-0.2, 0) is 0 Å². The number of aromatic hydroxyl groups is 1.